The van der Waals surface area contributed by atoms with Crippen molar-refractivity contribution in [3.8, 4) is 0 Å². The highest BCUT2D eigenvalue weighted by Gasteiger charge is 2.77. The Kier molecular flexibility index (Phi) is 5.57. The minimum atomic E-state index is -6.78. The van der Waals surface area contributed by atoms with E-state index in [1.165, 1.54) is 0 Å². The highest BCUT2D eigenvalue weighted by molar-refractivity contribution is 5.46. The Hall–Kier alpha value is -1.70. The van der Waals surface area contributed by atoms with E-state index in [9.17, 15) is 62.9 Å². The van der Waals surface area contributed by atoms with E-state index in [-0.39, 0.29) is 12.1 Å². The molecule has 0 aromatic heterocycles. The summed E-state index contributed by atoms with van der Waals surface area (Å²) in [6, 6.07) is -0.651. The monoisotopic (exact) mass is 438 g/mol. The number of hydrogen-bond donors (Lipinski definition) is 2. The van der Waals surface area contributed by atoms with Gasteiger partial charge in [0.05, 0.1) is 0 Å². The molecule has 28 heavy (non-hydrogen) atoms. The summed E-state index contributed by atoms with van der Waals surface area (Å²) in [4.78, 5) is 0. The molecule has 0 bridgehead atoms. The summed E-state index contributed by atoms with van der Waals surface area (Å²) in [5, 5.41) is 18.7. The zero-order valence-corrected chi connectivity index (χ0v) is 13.6. The van der Waals surface area contributed by atoms with E-state index in [0.717, 1.165) is 13.8 Å². The van der Waals surface area contributed by atoms with Crippen molar-refractivity contribution in [3.63, 3.8) is 0 Å². The van der Waals surface area contributed by atoms with Crippen molar-refractivity contribution < 1.29 is 62.9 Å². The van der Waals surface area contributed by atoms with Crippen LogP contribution in [0.4, 0.5) is 52.7 Å². The molecule has 0 spiro atoms. The van der Waals surface area contributed by atoms with Crippen molar-refractivity contribution in [2.24, 2.45) is 0 Å². The molecular formula is C14H10F12O2. The lowest BCUT2D eigenvalue weighted by Crippen LogP contribution is -2.59. The van der Waals surface area contributed by atoms with Crippen molar-refractivity contribution in [1.82, 2.24) is 0 Å². The maximum absolute atomic E-state index is 13.1. The molecule has 0 atom stereocenters. The summed E-state index contributed by atoms with van der Waals surface area (Å²) in [5.41, 5.74) is -19.1. The third-order valence-corrected chi connectivity index (χ3v) is 4.05. The van der Waals surface area contributed by atoms with Gasteiger partial charge in [0.2, 0.25) is 0 Å². The Morgan fingerprint density at radius 2 is 0.679 bits per heavy atom. The van der Waals surface area contributed by atoms with Crippen molar-refractivity contribution in [3.05, 3.63) is 34.4 Å². The number of hydrogen-bond acceptors (Lipinski definition) is 2. The van der Waals surface area contributed by atoms with Crippen molar-refractivity contribution in [2.45, 2.75) is 49.8 Å². The molecule has 14 heteroatoms. The predicted octanol–water partition coefficient (Wildman–Crippen LogP) is 4.93. The van der Waals surface area contributed by atoms with Crippen molar-refractivity contribution >= 4 is 0 Å². The fourth-order valence-electron chi connectivity index (χ4n) is 2.35. The Balaban J connectivity index is 4.25. The summed E-state index contributed by atoms with van der Waals surface area (Å²) in [6.07, 6.45) is -27.1. The van der Waals surface area contributed by atoms with Gasteiger partial charge in [-0.2, -0.15) is 52.7 Å². The van der Waals surface area contributed by atoms with Crippen LogP contribution in [0.15, 0.2) is 12.1 Å². The first-order chi connectivity index (χ1) is 12.0. The Morgan fingerprint density at radius 3 is 0.821 bits per heavy atom. The van der Waals surface area contributed by atoms with Gasteiger partial charge in [0, 0.05) is 11.1 Å². The van der Waals surface area contributed by atoms with E-state index < -0.39 is 58.2 Å². The number of halogens is 12. The molecule has 0 aliphatic heterocycles. The van der Waals surface area contributed by atoms with Gasteiger partial charge >= 0.3 is 24.7 Å². The van der Waals surface area contributed by atoms with E-state index in [0.29, 0.717) is 0 Å². The molecule has 0 fully saturated rings. The average Bonchev–Trinajstić information content (AvgIpc) is 2.43. The smallest absolute Gasteiger partial charge is 0.369 e. The van der Waals surface area contributed by atoms with Gasteiger partial charge in [-0.05, 0) is 25.0 Å². The van der Waals surface area contributed by atoms with Crippen LogP contribution in [0.5, 0.6) is 0 Å². The molecule has 0 aliphatic carbocycles. The summed E-state index contributed by atoms with van der Waals surface area (Å²) in [6.45, 7) is 1.58. The Labute approximate surface area is 148 Å². The molecule has 1 rings (SSSR count). The number of aryl methyl sites for hydroxylation is 2. The van der Waals surface area contributed by atoms with E-state index >= 15 is 0 Å². The van der Waals surface area contributed by atoms with Crippen LogP contribution in [0.3, 0.4) is 0 Å². The second-order valence-electron chi connectivity index (χ2n) is 5.89. The highest BCUT2D eigenvalue weighted by atomic mass is 19.4. The minimum absolute atomic E-state index is 0.325. The van der Waals surface area contributed by atoms with Gasteiger partial charge in [-0.25, -0.2) is 0 Å². The number of rotatable bonds is 2. The SMILES string of the molecule is Cc1cc(C(O)(C(F)(F)F)C(F)(F)F)c(C(O)(C(F)(F)F)C(F)(F)F)cc1C. The largest absolute Gasteiger partial charge is 0.430 e. The van der Waals surface area contributed by atoms with Crippen LogP contribution < -0.4 is 0 Å². The van der Waals surface area contributed by atoms with Gasteiger partial charge in [-0.15, -0.1) is 0 Å². The van der Waals surface area contributed by atoms with Crippen LogP contribution in [0.2, 0.25) is 0 Å². The average molecular weight is 438 g/mol. The molecule has 0 radical (unpaired) electrons. The number of aliphatic hydroxyl groups is 2. The first-order valence-corrected chi connectivity index (χ1v) is 6.87. The first-order valence-electron chi connectivity index (χ1n) is 6.87. The van der Waals surface area contributed by atoms with Crippen molar-refractivity contribution in [2.75, 3.05) is 0 Å². The molecule has 2 N–H and O–H groups in total. The molecule has 0 heterocycles. The van der Waals surface area contributed by atoms with Crippen LogP contribution in [-0.4, -0.2) is 34.9 Å². The maximum atomic E-state index is 13.1. The third kappa shape index (κ3) is 3.40. The minimum Gasteiger partial charge on any atom is -0.369 e. The summed E-state index contributed by atoms with van der Waals surface area (Å²) < 4.78 is 157. The van der Waals surface area contributed by atoms with E-state index in [1.807, 2.05) is 0 Å². The molecule has 162 valence electrons. The van der Waals surface area contributed by atoms with Crippen LogP contribution in [0, 0.1) is 13.8 Å². The summed E-state index contributed by atoms with van der Waals surface area (Å²) in [5.74, 6) is 0. The van der Waals surface area contributed by atoms with Crippen LogP contribution >= 0.6 is 0 Å². The predicted molar refractivity (Wildman–Crippen MR) is 67.9 cm³/mol. The van der Waals surface area contributed by atoms with E-state index in [1.54, 1.807) is 0 Å². The maximum Gasteiger partial charge on any atom is 0.430 e. The van der Waals surface area contributed by atoms with Crippen LogP contribution in [0.1, 0.15) is 22.3 Å². The third-order valence-electron chi connectivity index (χ3n) is 4.05. The van der Waals surface area contributed by atoms with E-state index in [2.05, 4.69) is 0 Å². The number of alkyl halides is 12. The topological polar surface area (TPSA) is 40.5 Å². The summed E-state index contributed by atoms with van der Waals surface area (Å²) in [7, 11) is 0. The molecule has 0 unspecified atom stereocenters. The lowest BCUT2D eigenvalue weighted by atomic mass is 9.78. The molecule has 1 aromatic carbocycles. The Bertz CT molecular complexity index is 648. The zero-order chi connectivity index (χ0) is 22.7. The molecule has 2 nitrogen and oxygen atoms in total. The van der Waals surface area contributed by atoms with Crippen LogP contribution in [0.25, 0.3) is 0 Å². The second kappa shape index (κ2) is 6.40. The molecule has 0 saturated carbocycles. The molecule has 0 amide bonds. The molecular weight excluding hydrogens is 428 g/mol. The fraction of sp³-hybridized carbons (Fsp3) is 0.571. The van der Waals surface area contributed by atoms with Gasteiger partial charge in [-0.1, -0.05) is 12.1 Å². The zero-order valence-electron chi connectivity index (χ0n) is 13.6. The lowest BCUT2D eigenvalue weighted by molar-refractivity contribution is -0.387. The first kappa shape index (κ1) is 24.3. The van der Waals surface area contributed by atoms with Gasteiger partial charge < -0.3 is 10.2 Å². The second-order valence-corrected chi connectivity index (χ2v) is 5.89. The standard InChI is InChI=1S/C14H10F12O2/c1-5-3-7(9(27,11(15,16)17)12(18,19)20)8(4-6(5)2)10(28,13(21,22)23)14(24,25)26/h3-4,27-28H,1-2H3. The lowest BCUT2D eigenvalue weighted by Gasteiger charge is -2.39. The number of benzene rings is 1. The Morgan fingerprint density at radius 1 is 0.500 bits per heavy atom. The molecule has 0 aliphatic rings. The summed E-state index contributed by atoms with van der Waals surface area (Å²) >= 11 is 0. The quantitative estimate of drug-likeness (QED) is 0.644. The van der Waals surface area contributed by atoms with Gasteiger partial charge in [0.1, 0.15) is 0 Å². The van der Waals surface area contributed by atoms with Gasteiger partial charge in [0.25, 0.3) is 11.2 Å². The molecule has 0 saturated heterocycles. The van der Waals surface area contributed by atoms with Crippen molar-refractivity contribution in [1.29, 1.82) is 0 Å². The normalized spacial score (nSPS) is 15.1. The van der Waals surface area contributed by atoms with Gasteiger partial charge in [-0.3, -0.25) is 0 Å². The van der Waals surface area contributed by atoms with E-state index in [4.69, 9.17) is 0 Å². The van der Waals surface area contributed by atoms with Gasteiger partial charge in [0.15, 0.2) is 0 Å². The fourth-order valence-corrected chi connectivity index (χ4v) is 2.35. The van der Waals surface area contributed by atoms with Crippen LogP contribution in [-0.2, 0) is 11.2 Å². The molecule has 1 aromatic rings. The highest BCUT2D eigenvalue weighted by Crippen LogP contribution is 2.57.